The average Bonchev–Trinajstić information content (AvgIpc) is 3.08. The van der Waals surface area contributed by atoms with Crippen molar-refractivity contribution in [1.82, 2.24) is 4.98 Å². The summed E-state index contributed by atoms with van der Waals surface area (Å²) < 4.78 is 2.52. The first kappa shape index (κ1) is 14.0. The Labute approximate surface area is 152 Å². The van der Waals surface area contributed by atoms with Gasteiger partial charge in [0.1, 0.15) is 0 Å². The van der Waals surface area contributed by atoms with E-state index in [2.05, 4.69) is 53.5 Å². The minimum absolute atomic E-state index is 0.0290. The van der Waals surface area contributed by atoms with Gasteiger partial charge in [0.2, 0.25) is 0 Å². The monoisotopic (exact) mass is 351 g/mol. The molecule has 2 heterocycles. The van der Waals surface area contributed by atoms with Crippen LogP contribution in [0.3, 0.4) is 0 Å². The van der Waals surface area contributed by atoms with Crippen LogP contribution in [0.15, 0.2) is 77.6 Å². The molecule has 0 radical (unpaired) electrons. The molecule has 0 atom stereocenters. The van der Waals surface area contributed by atoms with Gasteiger partial charge in [0.05, 0.1) is 5.52 Å². The van der Waals surface area contributed by atoms with Gasteiger partial charge in [-0.05, 0) is 22.9 Å². The SMILES string of the molecule is O=c1[nH]c2c3ccccc3c3c4ccccc4sc3c2c2ccccc12. The molecular formula is C23H13NOS. The first-order valence-corrected chi connectivity index (χ1v) is 9.41. The van der Waals surface area contributed by atoms with Crippen LogP contribution in [0.2, 0.25) is 0 Å². The number of benzene rings is 4. The van der Waals surface area contributed by atoms with Gasteiger partial charge in [0.15, 0.2) is 0 Å². The maximum Gasteiger partial charge on any atom is 0.256 e. The third-order valence-corrected chi connectivity index (χ3v) is 6.41. The fraction of sp³-hybridized carbons (Fsp3) is 0. The maximum absolute atomic E-state index is 12.7. The highest BCUT2D eigenvalue weighted by atomic mass is 32.1. The van der Waals surface area contributed by atoms with E-state index in [1.807, 2.05) is 24.3 Å². The summed E-state index contributed by atoms with van der Waals surface area (Å²) in [6, 6.07) is 24.8. The lowest BCUT2D eigenvalue weighted by atomic mass is 9.97. The summed E-state index contributed by atoms with van der Waals surface area (Å²) in [5.41, 5.74) is 0.905. The first-order chi connectivity index (χ1) is 12.8. The Morgan fingerprint density at radius 2 is 1.19 bits per heavy atom. The molecule has 0 aliphatic heterocycles. The molecule has 0 aliphatic carbocycles. The topological polar surface area (TPSA) is 32.9 Å². The summed E-state index contributed by atoms with van der Waals surface area (Å²) in [5, 5.41) is 7.77. The van der Waals surface area contributed by atoms with Crippen LogP contribution in [0.25, 0.3) is 52.6 Å². The van der Waals surface area contributed by atoms with Crippen molar-refractivity contribution in [2.45, 2.75) is 0 Å². The predicted octanol–water partition coefficient (Wildman–Crippen LogP) is 6.20. The molecule has 6 aromatic rings. The van der Waals surface area contributed by atoms with Gasteiger partial charge in [-0.1, -0.05) is 60.7 Å². The Kier molecular flexibility index (Phi) is 2.66. The predicted molar refractivity (Wildman–Crippen MR) is 112 cm³/mol. The van der Waals surface area contributed by atoms with E-state index >= 15 is 0 Å². The number of thiophene rings is 1. The molecule has 122 valence electrons. The van der Waals surface area contributed by atoms with Crippen molar-refractivity contribution in [3.63, 3.8) is 0 Å². The number of rotatable bonds is 0. The number of fused-ring (bicyclic) bond motifs is 10. The van der Waals surface area contributed by atoms with E-state index in [1.165, 1.54) is 25.6 Å². The molecule has 0 unspecified atom stereocenters. The van der Waals surface area contributed by atoms with Crippen LogP contribution in [0, 0.1) is 0 Å². The van der Waals surface area contributed by atoms with Crippen LogP contribution in [-0.2, 0) is 0 Å². The second-order valence-electron chi connectivity index (χ2n) is 6.60. The summed E-state index contributed by atoms with van der Waals surface area (Å²) in [6.07, 6.45) is 0. The van der Waals surface area contributed by atoms with Gasteiger partial charge in [-0.15, -0.1) is 11.3 Å². The van der Waals surface area contributed by atoms with Crippen molar-refractivity contribution in [3.8, 4) is 0 Å². The van der Waals surface area contributed by atoms with Crippen LogP contribution in [-0.4, -0.2) is 4.98 Å². The van der Waals surface area contributed by atoms with Crippen molar-refractivity contribution in [3.05, 3.63) is 83.2 Å². The Balaban J connectivity index is 2.10. The Morgan fingerprint density at radius 3 is 1.96 bits per heavy atom. The molecule has 0 spiro atoms. The summed E-state index contributed by atoms with van der Waals surface area (Å²) in [4.78, 5) is 15.9. The van der Waals surface area contributed by atoms with Gasteiger partial charge in [-0.25, -0.2) is 0 Å². The van der Waals surface area contributed by atoms with E-state index in [-0.39, 0.29) is 5.56 Å². The highest BCUT2D eigenvalue weighted by molar-refractivity contribution is 7.27. The zero-order valence-electron chi connectivity index (χ0n) is 13.7. The van der Waals surface area contributed by atoms with Crippen molar-refractivity contribution < 1.29 is 0 Å². The van der Waals surface area contributed by atoms with Crippen LogP contribution in [0.4, 0.5) is 0 Å². The molecule has 0 saturated carbocycles. The van der Waals surface area contributed by atoms with Crippen LogP contribution < -0.4 is 5.56 Å². The Hall–Kier alpha value is -3.17. The molecule has 3 heteroatoms. The number of pyridine rings is 1. The molecule has 6 rings (SSSR count). The quantitative estimate of drug-likeness (QED) is 0.325. The van der Waals surface area contributed by atoms with Crippen LogP contribution >= 0.6 is 11.3 Å². The first-order valence-electron chi connectivity index (χ1n) is 8.59. The van der Waals surface area contributed by atoms with Gasteiger partial charge in [0.25, 0.3) is 5.56 Å². The van der Waals surface area contributed by atoms with Crippen molar-refractivity contribution in [2.75, 3.05) is 0 Å². The molecule has 1 N–H and O–H groups in total. The third kappa shape index (κ3) is 1.68. The Bertz CT molecular complexity index is 1560. The fourth-order valence-electron chi connectivity index (χ4n) is 4.12. The fourth-order valence-corrected chi connectivity index (χ4v) is 5.41. The van der Waals surface area contributed by atoms with E-state index in [4.69, 9.17) is 0 Å². The number of hydrogen-bond acceptors (Lipinski definition) is 2. The van der Waals surface area contributed by atoms with E-state index < -0.39 is 0 Å². The van der Waals surface area contributed by atoms with Crippen molar-refractivity contribution >= 4 is 64.0 Å². The summed E-state index contributed by atoms with van der Waals surface area (Å²) >= 11 is 1.80. The lowest BCUT2D eigenvalue weighted by molar-refractivity contribution is 1.36. The number of nitrogens with one attached hydrogen (secondary N) is 1. The molecule has 2 nitrogen and oxygen atoms in total. The second kappa shape index (κ2) is 4.93. The third-order valence-electron chi connectivity index (χ3n) is 5.22. The molecule has 0 saturated heterocycles. The standard InChI is InChI=1S/C23H13NOS/c25-23-16-10-4-2-8-14(16)20-21(24-23)15-9-3-1-7-13(15)19-17-11-5-6-12-18(17)26-22(19)20/h1-12H,(H,24,25). The summed E-state index contributed by atoms with van der Waals surface area (Å²) in [5.74, 6) is 0. The minimum Gasteiger partial charge on any atom is -0.321 e. The van der Waals surface area contributed by atoms with Crippen molar-refractivity contribution in [1.29, 1.82) is 0 Å². The lowest BCUT2D eigenvalue weighted by Gasteiger charge is -2.10. The smallest absolute Gasteiger partial charge is 0.256 e. The molecule has 26 heavy (non-hydrogen) atoms. The molecule has 0 fully saturated rings. The van der Waals surface area contributed by atoms with Gasteiger partial charge in [-0.2, -0.15) is 0 Å². The van der Waals surface area contributed by atoms with Gasteiger partial charge in [-0.3, -0.25) is 4.79 Å². The number of aromatic nitrogens is 1. The zero-order valence-corrected chi connectivity index (χ0v) is 14.6. The zero-order chi connectivity index (χ0) is 17.3. The highest BCUT2D eigenvalue weighted by Gasteiger charge is 2.16. The molecule has 2 aromatic heterocycles. The molecular weight excluding hydrogens is 338 g/mol. The average molecular weight is 351 g/mol. The lowest BCUT2D eigenvalue weighted by Crippen LogP contribution is -2.06. The normalized spacial score (nSPS) is 12.0. The molecule has 0 amide bonds. The number of hydrogen-bond donors (Lipinski definition) is 1. The molecule has 4 aromatic carbocycles. The van der Waals surface area contributed by atoms with Gasteiger partial charge >= 0.3 is 0 Å². The maximum atomic E-state index is 12.7. The van der Waals surface area contributed by atoms with Crippen LogP contribution in [0.1, 0.15) is 0 Å². The van der Waals surface area contributed by atoms with Gasteiger partial charge in [0, 0.05) is 36.3 Å². The summed E-state index contributed by atoms with van der Waals surface area (Å²) in [6.45, 7) is 0. The van der Waals surface area contributed by atoms with Crippen molar-refractivity contribution in [2.24, 2.45) is 0 Å². The van der Waals surface area contributed by atoms with Gasteiger partial charge < -0.3 is 4.98 Å². The van der Waals surface area contributed by atoms with E-state index in [0.29, 0.717) is 0 Å². The number of H-pyrrole nitrogens is 1. The summed E-state index contributed by atoms with van der Waals surface area (Å²) in [7, 11) is 0. The van der Waals surface area contributed by atoms with E-state index in [1.54, 1.807) is 11.3 Å². The van der Waals surface area contributed by atoms with E-state index in [0.717, 1.165) is 27.1 Å². The highest BCUT2D eigenvalue weighted by Crippen LogP contribution is 2.44. The second-order valence-corrected chi connectivity index (χ2v) is 7.65. The largest absolute Gasteiger partial charge is 0.321 e. The molecule has 0 bridgehead atoms. The minimum atomic E-state index is -0.0290. The number of aromatic amines is 1. The van der Waals surface area contributed by atoms with Crippen LogP contribution in [0.5, 0.6) is 0 Å². The van der Waals surface area contributed by atoms with E-state index in [9.17, 15) is 4.79 Å². The Morgan fingerprint density at radius 1 is 0.615 bits per heavy atom. The molecule has 0 aliphatic rings.